The van der Waals surface area contributed by atoms with E-state index in [1.165, 1.54) is 0 Å². The number of carboxylic acids is 1. The Morgan fingerprint density at radius 1 is 1.50 bits per heavy atom. The first-order valence-corrected chi connectivity index (χ1v) is 3.23. The van der Waals surface area contributed by atoms with Crippen molar-refractivity contribution in [2.45, 2.75) is 5.44 Å². The Hall–Kier alpha value is 0.821. The first-order valence-electron chi connectivity index (χ1n) is 1.73. The number of hydrogen-bond acceptors (Lipinski definition) is 4. The number of aliphatic carboxylic acids is 1. The quantitative estimate of drug-likeness (QED) is 0.388. The molecule has 0 bridgehead atoms. The third-order valence-electron chi connectivity index (χ3n) is 0.493. The van der Waals surface area contributed by atoms with E-state index in [0.717, 1.165) is 0 Å². The topological polar surface area (TPSA) is 112 Å². The van der Waals surface area contributed by atoms with Crippen LogP contribution >= 0.6 is 0 Å². The second-order valence-corrected chi connectivity index (χ2v) is 2.68. The molecule has 3 N–H and O–H groups in total. The molecule has 0 rings (SSSR count). The predicted octanol–water partition coefficient (Wildman–Crippen LogP) is -1.88. The number of carbonyl (C=O) groups is 1. The Balaban J connectivity index is -0.000000107. The van der Waals surface area contributed by atoms with Gasteiger partial charge in [0.15, 0.2) is 0 Å². The fourth-order valence-electron chi connectivity index (χ4n) is 0.127. The monoisotopic (exact) mass is 246 g/mol. The number of aliphatic hydroxyl groups excluding tert-OH is 1. The van der Waals surface area contributed by atoms with Crippen LogP contribution in [0.15, 0.2) is 0 Å². The standard InChI is InChI=1S/C2H4O6S.Sr.2H/c3-1(4)2(5)9(6,7)8;;;/h2,5H,(H,3,4)(H,6,7,8);;;/q;+2;2*-1. The van der Waals surface area contributed by atoms with Crippen LogP contribution in [-0.2, 0) is 14.9 Å². The molecule has 0 heterocycles. The molecule has 1 unspecified atom stereocenters. The Morgan fingerprint density at radius 3 is 1.80 bits per heavy atom. The largest absolute Gasteiger partial charge is 2.00 e. The van der Waals surface area contributed by atoms with E-state index in [9.17, 15) is 13.2 Å². The van der Waals surface area contributed by atoms with Crippen LogP contribution in [0.25, 0.3) is 0 Å². The van der Waals surface area contributed by atoms with Crippen LogP contribution in [0.1, 0.15) is 2.85 Å². The average Bonchev–Trinajstić information content (AvgIpc) is 1.62. The van der Waals surface area contributed by atoms with E-state index in [4.69, 9.17) is 14.8 Å². The summed E-state index contributed by atoms with van der Waals surface area (Å²) in [7, 11) is -4.85. The minimum Gasteiger partial charge on any atom is -1.00 e. The van der Waals surface area contributed by atoms with Crippen LogP contribution in [0.4, 0.5) is 0 Å². The van der Waals surface area contributed by atoms with Gasteiger partial charge in [0.25, 0.3) is 5.44 Å². The zero-order valence-electron chi connectivity index (χ0n) is 6.76. The minimum atomic E-state index is -4.85. The molecule has 0 saturated heterocycles. The van der Waals surface area contributed by atoms with E-state index < -0.39 is 21.5 Å². The van der Waals surface area contributed by atoms with Crippen molar-refractivity contribution in [3.63, 3.8) is 0 Å². The van der Waals surface area contributed by atoms with Gasteiger partial charge >= 0.3 is 61.6 Å². The average molecular weight is 246 g/mol. The first-order chi connectivity index (χ1) is 3.85. The second kappa shape index (κ2) is 4.65. The van der Waals surface area contributed by atoms with Crippen LogP contribution in [0.5, 0.6) is 0 Å². The van der Waals surface area contributed by atoms with E-state index >= 15 is 0 Å². The molecule has 0 aromatic rings. The number of hydrogen-bond donors (Lipinski definition) is 3. The smallest absolute Gasteiger partial charge is 1.00 e. The number of aliphatic hydroxyl groups is 1. The second-order valence-electron chi connectivity index (χ2n) is 1.21. The normalized spacial score (nSPS) is 13.4. The molecule has 0 spiro atoms. The van der Waals surface area contributed by atoms with Gasteiger partial charge in [-0.1, -0.05) is 0 Å². The fraction of sp³-hybridized carbons (Fsp3) is 0.500. The predicted molar refractivity (Wildman–Crippen MR) is 33.2 cm³/mol. The minimum absolute atomic E-state index is 0. The molecule has 1 atom stereocenters. The van der Waals surface area contributed by atoms with Crippen molar-refractivity contribution in [2.24, 2.45) is 0 Å². The maximum atomic E-state index is 9.70. The van der Waals surface area contributed by atoms with Crippen molar-refractivity contribution in [1.82, 2.24) is 0 Å². The molecular weight excluding hydrogens is 240 g/mol. The van der Waals surface area contributed by atoms with Crippen molar-refractivity contribution in [2.75, 3.05) is 0 Å². The van der Waals surface area contributed by atoms with E-state index in [1.54, 1.807) is 0 Å². The molecule has 8 heteroatoms. The van der Waals surface area contributed by atoms with Gasteiger partial charge in [-0.2, -0.15) is 8.42 Å². The van der Waals surface area contributed by atoms with Crippen molar-refractivity contribution in [3.8, 4) is 0 Å². The van der Waals surface area contributed by atoms with Crippen molar-refractivity contribution < 1.29 is 30.8 Å². The molecule has 58 valence electrons. The zero-order valence-corrected chi connectivity index (χ0v) is 9.05. The molecule has 0 aromatic heterocycles. The van der Waals surface area contributed by atoms with Gasteiger partial charge in [-0.3, -0.25) is 4.55 Å². The van der Waals surface area contributed by atoms with Gasteiger partial charge in [0, 0.05) is 0 Å². The van der Waals surface area contributed by atoms with Gasteiger partial charge in [-0.15, -0.1) is 0 Å². The van der Waals surface area contributed by atoms with Crippen molar-refractivity contribution in [1.29, 1.82) is 0 Å². The van der Waals surface area contributed by atoms with Crippen molar-refractivity contribution in [3.05, 3.63) is 0 Å². The van der Waals surface area contributed by atoms with Crippen LogP contribution in [0.3, 0.4) is 0 Å². The maximum Gasteiger partial charge on any atom is 2.00 e. The summed E-state index contributed by atoms with van der Waals surface area (Å²) in [5, 5.41) is 15.8. The van der Waals surface area contributed by atoms with E-state index in [2.05, 4.69) is 0 Å². The third-order valence-corrected chi connectivity index (χ3v) is 1.26. The van der Waals surface area contributed by atoms with Gasteiger partial charge in [0.1, 0.15) is 0 Å². The first kappa shape index (κ1) is 13.4. The van der Waals surface area contributed by atoms with E-state index in [0.29, 0.717) is 0 Å². The molecule has 6 nitrogen and oxygen atoms in total. The summed E-state index contributed by atoms with van der Waals surface area (Å²) in [6, 6.07) is 0. The number of rotatable bonds is 2. The molecule has 0 saturated carbocycles. The van der Waals surface area contributed by atoms with Gasteiger partial charge in [0.05, 0.1) is 0 Å². The van der Waals surface area contributed by atoms with Gasteiger partial charge in [0.2, 0.25) is 0 Å². The van der Waals surface area contributed by atoms with Crippen molar-refractivity contribution >= 4 is 61.6 Å². The summed E-state index contributed by atoms with van der Waals surface area (Å²) in [6.45, 7) is 0. The van der Waals surface area contributed by atoms with Crippen LogP contribution < -0.4 is 0 Å². The molecular formula is C2H6O6SSr. The van der Waals surface area contributed by atoms with Gasteiger partial charge < -0.3 is 13.1 Å². The summed E-state index contributed by atoms with van der Waals surface area (Å²) in [5.74, 6) is -2.00. The Bertz CT molecular complexity index is 214. The SMILES string of the molecule is O=C(O)C(O)S(=O)(=O)O.[H-].[H-].[Sr+2]. The van der Waals surface area contributed by atoms with E-state index in [-0.39, 0.29) is 48.3 Å². The number of carboxylic acid groups (broad SMARTS) is 1. The van der Waals surface area contributed by atoms with Crippen LogP contribution in [0.2, 0.25) is 0 Å². The van der Waals surface area contributed by atoms with Gasteiger partial charge in [-0.25, -0.2) is 4.79 Å². The Morgan fingerprint density at radius 2 is 1.80 bits per heavy atom. The molecule has 0 aliphatic rings. The molecule has 10 heavy (non-hydrogen) atoms. The summed E-state index contributed by atoms with van der Waals surface area (Å²) < 4.78 is 27.2. The third kappa shape index (κ3) is 4.61. The van der Waals surface area contributed by atoms with Crippen LogP contribution in [-0.4, -0.2) is 80.1 Å². The summed E-state index contributed by atoms with van der Waals surface area (Å²) in [6.07, 6.45) is 0. The van der Waals surface area contributed by atoms with Gasteiger partial charge in [-0.05, 0) is 0 Å². The molecule has 0 fully saturated rings. The van der Waals surface area contributed by atoms with Crippen LogP contribution in [0, 0.1) is 0 Å². The fourth-order valence-corrected chi connectivity index (χ4v) is 0.382. The maximum absolute atomic E-state index is 9.70. The molecule has 0 aliphatic heterocycles. The van der Waals surface area contributed by atoms with E-state index in [1.807, 2.05) is 0 Å². The molecule has 0 amide bonds. The zero-order chi connectivity index (χ0) is 7.65. The molecule has 0 radical (unpaired) electrons. The molecule has 0 aliphatic carbocycles. The summed E-state index contributed by atoms with van der Waals surface area (Å²) in [5.41, 5.74) is -2.74. The summed E-state index contributed by atoms with van der Waals surface area (Å²) in [4.78, 5) is 9.56. The summed E-state index contributed by atoms with van der Waals surface area (Å²) >= 11 is 0. The Kier molecular flexibility index (Phi) is 6.24. The molecule has 0 aromatic carbocycles. The Labute approximate surface area is 96.8 Å².